The van der Waals surface area contributed by atoms with E-state index in [-0.39, 0.29) is 12.3 Å². The minimum atomic E-state index is -0.815. The van der Waals surface area contributed by atoms with Gasteiger partial charge in [-0.15, -0.1) is 0 Å². The molecule has 0 aliphatic heterocycles. The molecular formula is C20H23NO4. The number of unbranched alkanes of at least 4 members (excludes halogenated alkanes) is 1. The first-order chi connectivity index (χ1) is 12.0. The molecule has 2 rings (SSSR count). The molecule has 0 aliphatic carbocycles. The molecular weight excluding hydrogens is 318 g/mol. The monoisotopic (exact) mass is 341 g/mol. The summed E-state index contributed by atoms with van der Waals surface area (Å²) in [5, 5.41) is 11.4. The number of nitrogens with one attached hydrogen (secondary N) is 1. The SMILES string of the molecule is Cc1cccc(COc2cccc(C(=O)NCCCCC(=O)O)c2)c1. The fourth-order valence-electron chi connectivity index (χ4n) is 2.40. The molecule has 0 spiro atoms. The number of amides is 1. The van der Waals surface area contributed by atoms with Crippen molar-refractivity contribution in [2.75, 3.05) is 6.54 Å². The molecule has 25 heavy (non-hydrogen) atoms. The van der Waals surface area contributed by atoms with E-state index >= 15 is 0 Å². The van der Waals surface area contributed by atoms with Crippen LogP contribution in [0, 0.1) is 6.92 Å². The highest BCUT2D eigenvalue weighted by Crippen LogP contribution is 2.16. The molecule has 1 amide bonds. The summed E-state index contributed by atoms with van der Waals surface area (Å²) in [6.07, 6.45) is 1.31. The molecule has 132 valence electrons. The molecule has 2 N–H and O–H groups in total. The van der Waals surface area contributed by atoms with Crippen LogP contribution in [0.2, 0.25) is 0 Å². The van der Waals surface area contributed by atoms with Crippen LogP contribution >= 0.6 is 0 Å². The van der Waals surface area contributed by atoms with E-state index in [1.54, 1.807) is 18.2 Å². The molecule has 0 radical (unpaired) electrons. The minimum Gasteiger partial charge on any atom is -0.489 e. The second kappa shape index (κ2) is 9.47. The van der Waals surface area contributed by atoms with Crippen molar-refractivity contribution in [2.24, 2.45) is 0 Å². The predicted octanol–water partition coefficient (Wildman–Crippen LogP) is 3.56. The van der Waals surface area contributed by atoms with Crippen LogP contribution in [0.15, 0.2) is 48.5 Å². The molecule has 0 saturated heterocycles. The highest BCUT2D eigenvalue weighted by Gasteiger charge is 2.07. The fourth-order valence-corrected chi connectivity index (χ4v) is 2.40. The van der Waals surface area contributed by atoms with Gasteiger partial charge in [-0.2, -0.15) is 0 Å². The van der Waals surface area contributed by atoms with Gasteiger partial charge in [-0.25, -0.2) is 0 Å². The van der Waals surface area contributed by atoms with Gasteiger partial charge in [-0.05, 0) is 43.5 Å². The summed E-state index contributed by atoms with van der Waals surface area (Å²) >= 11 is 0. The number of benzene rings is 2. The molecule has 0 saturated carbocycles. The van der Waals surface area contributed by atoms with Crippen LogP contribution in [0.4, 0.5) is 0 Å². The zero-order chi connectivity index (χ0) is 18.1. The molecule has 2 aromatic rings. The summed E-state index contributed by atoms with van der Waals surface area (Å²) in [6.45, 7) is 2.94. The average Bonchev–Trinajstić information content (AvgIpc) is 2.59. The molecule has 0 heterocycles. The Bertz CT molecular complexity index is 727. The number of aliphatic carboxylic acids is 1. The van der Waals surface area contributed by atoms with Crippen molar-refractivity contribution in [1.82, 2.24) is 5.32 Å². The summed E-state index contributed by atoms with van der Waals surface area (Å²) in [4.78, 5) is 22.6. The molecule has 5 heteroatoms. The van der Waals surface area contributed by atoms with Gasteiger partial charge in [0.05, 0.1) is 0 Å². The number of carbonyl (C=O) groups excluding carboxylic acids is 1. The van der Waals surface area contributed by atoms with Crippen LogP contribution in [0.1, 0.15) is 40.7 Å². The summed E-state index contributed by atoms with van der Waals surface area (Å²) in [7, 11) is 0. The first kappa shape index (κ1) is 18.5. The predicted molar refractivity (Wildman–Crippen MR) is 95.8 cm³/mol. The summed E-state index contributed by atoms with van der Waals surface area (Å²) in [5.41, 5.74) is 2.78. The lowest BCUT2D eigenvalue weighted by Gasteiger charge is -2.09. The molecule has 0 aromatic heterocycles. The number of hydrogen-bond acceptors (Lipinski definition) is 3. The van der Waals surface area contributed by atoms with Crippen molar-refractivity contribution in [3.8, 4) is 5.75 Å². The van der Waals surface area contributed by atoms with Crippen LogP contribution < -0.4 is 10.1 Å². The molecule has 2 aromatic carbocycles. The Balaban J connectivity index is 1.83. The Kier molecular flexibility index (Phi) is 7.01. The van der Waals surface area contributed by atoms with E-state index in [4.69, 9.17) is 9.84 Å². The molecule has 0 atom stereocenters. The first-order valence-electron chi connectivity index (χ1n) is 8.33. The van der Waals surface area contributed by atoms with Crippen molar-refractivity contribution < 1.29 is 19.4 Å². The third-order valence-electron chi connectivity index (χ3n) is 3.69. The maximum absolute atomic E-state index is 12.1. The average molecular weight is 341 g/mol. The van der Waals surface area contributed by atoms with Gasteiger partial charge in [0.2, 0.25) is 0 Å². The summed E-state index contributed by atoms with van der Waals surface area (Å²) in [6, 6.07) is 15.1. The van der Waals surface area contributed by atoms with Crippen molar-refractivity contribution in [3.63, 3.8) is 0 Å². The third-order valence-corrected chi connectivity index (χ3v) is 3.69. The number of ether oxygens (including phenoxy) is 1. The molecule has 0 aliphatic rings. The van der Waals surface area contributed by atoms with Gasteiger partial charge in [0.1, 0.15) is 12.4 Å². The van der Waals surface area contributed by atoms with Crippen molar-refractivity contribution in [2.45, 2.75) is 32.8 Å². The third kappa shape index (κ3) is 6.67. The number of carbonyl (C=O) groups is 2. The van der Waals surface area contributed by atoms with E-state index in [9.17, 15) is 9.59 Å². The second-order valence-electron chi connectivity index (χ2n) is 5.91. The number of rotatable bonds is 9. The van der Waals surface area contributed by atoms with Crippen molar-refractivity contribution >= 4 is 11.9 Å². The minimum absolute atomic E-state index is 0.123. The van der Waals surface area contributed by atoms with E-state index in [0.717, 1.165) is 5.56 Å². The van der Waals surface area contributed by atoms with E-state index in [0.29, 0.717) is 37.3 Å². The molecule has 5 nitrogen and oxygen atoms in total. The van der Waals surface area contributed by atoms with Crippen LogP contribution in [0.25, 0.3) is 0 Å². The lowest BCUT2D eigenvalue weighted by molar-refractivity contribution is -0.137. The van der Waals surface area contributed by atoms with Gasteiger partial charge in [0.15, 0.2) is 0 Å². The van der Waals surface area contributed by atoms with Crippen LogP contribution in [0.5, 0.6) is 5.75 Å². The van der Waals surface area contributed by atoms with Gasteiger partial charge < -0.3 is 15.2 Å². The highest BCUT2D eigenvalue weighted by atomic mass is 16.5. The van der Waals surface area contributed by atoms with E-state index in [1.807, 2.05) is 31.2 Å². The van der Waals surface area contributed by atoms with Gasteiger partial charge in [-0.3, -0.25) is 9.59 Å². The molecule has 0 bridgehead atoms. The van der Waals surface area contributed by atoms with E-state index in [1.165, 1.54) is 5.56 Å². The lowest BCUT2D eigenvalue weighted by atomic mass is 10.1. The van der Waals surface area contributed by atoms with Gasteiger partial charge in [0, 0.05) is 18.5 Å². The Hall–Kier alpha value is -2.82. The van der Waals surface area contributed by atoms with Crippen LogP contribution in [-0.2, 0) is 11.4 Å². The summed E-state index contributed by atoms with van der Waals surface area (Å²) in [5.74, 6) is -0.360. The van der Waals surface area contributed by atoms with Gasteiger partial charge in [-0.1, -0.05) is 35.9 Å². The Morgan fingerprint density at radius 3 is 2.64 bits per heavy atom. The number of carboxylic acids is 1. The van der Waals surface area contributed by atoms with E-state index in [2.05, 4.69) is 11.4 Å². The van der Waals surface area contributed by atoms with Gasteiger partial charge >= 0.3 is 5.97 Å². The molecule has 0 unspecified atom stereocenters. The topological polar surface area (TPSA) is 75.6 Å². The zero-order valence-electron chi connectivity index (χ0n) is 14.3. The molecule has 0 fully saturated rings. The fraction of sp³-hybridized carbons (Fsp3) is 0.300. The Morgan fingerprint density at radius 1 is 1.08 bits per heavy atom. The van der Waals surface area contributed by atoms with Crippen molar-refractivity contribution in [1.29, 1.82) is 0 Å². The number of carboxylic acid groups (broad SMARTS) is 1. The van der Waals surface area contributed by atoms with Gasteiger partial charge in [0.25, 0.3) is 5.91 Å². The second-order valence-corrected chi connectivity index (χ2v) is 5.91. The number of hydrogen-bond donors (Lipinski definition) is 2. The number of aryl methyl sites for hydroxylation is 1. The quantitative estimate of drug-likeness (QED) is 0.684. The maximum atomic E-state index is 12.1. The van der Waals surface area contributed by atoms with Crippen LogP contribution in [-0.4, -0.2) is 23.5 Å². The lowest BCUT2D eigenvalue weighted by Crippen LogP contribution is -2.24. The van der Waals surface area contributed by atoms with E-state index < -0.39 is 5.97 Å². The standard InChI is InChI=1S/C20H23NO4/c1-15-6-4-7-16(12-15)14-25-18-9-5-8-17(13-18)20(24)21-11-3-2-10-19(22)23/h4-9,12-13H,2-3,10-11,14H2,1H3,(H,21,24)(H,22,23). The Morgan fingerprint density at radius 2 is 1.88 bits per heavy atom. The zero-order valence-corrected chi connectivity index (χ0v) is 14.3. The largest absolute Gasteiger partial charge is 0.489 e. The normalized spacial score (nSPS) is 10.3. The smallest absolute Gasteiger partial charge is 0.303 e. The van der Waals surface area contributed by atoms with Crippen LogP contribution in [0.3, 0.4) is 0 Å². The van der Waals surface area contributed by atoms with Crippen molar-refractivity contribution in [3.05, 3.63) is 65.2 Å². The Labute approximate surface area is 147 Å². The first-order valence-corrected chi connectivity index (χ1v) is 8.33. The maximum Gasteiger partial charge on any atom is 0.303 e. The summed E-state index contributed by atoms with van der Waals surface area (Å²) < 4.78 is 5.76. The highest BCUT2D eigenvalue weighted by molar-refractivity contribution is 5.94.